The summed E-state index contributed by atoms with van der Waals surface area (Å²) in [5.41, 5.74) is 0.559. The van der Waals surface area contributed by atoms with Crippen molar-refractivity contribution in [2.24, 2.45) is 0 Å². The number of nitrogens with zero attached hydrogens (tertiary/aromatic N) is 2. The van der Waals surface area contributed by atoms with Crippen LogP contribution in [0.1, 0.15) is 43.0 Å². The minimum Gasteiger partial charge on any atom is -0.465 e. The second kappa shape index (κ2) is 7.98. The molecule has 1 aliphatic heterocycles. The van der Waals surface area contributed by atoms with Crippen molar-refractivity contribution in [3.8, 4) is 0 Å². The highest BCUT2D eigenvalue weighted by Crippen LogP contribution is 2.17. The van der Waals surface area contributed by atoms with Gasteiger partial charge in [0.15, 0.2) is 0 Å². The van der Waals surface area contributed by atoms with Crippen LogP contribution in [-0.4, -0.2) is 43.7 Å². The highest BCUT2D eigenvalue weighted by Gasteiger charge is 2.19. The van der Waals surface area contributed by atoms with Gasteiger partial charge in [0.05, 0.1) is 12.7 Å². The van der Waals surface area contributed by atoms with Crippen LogP contribution >= 0.6 is 0 Å². The lowest BCUT2D eigenvalue weighted by molar-refractivity contribution is 0.0600. The molecule has 1 saturated heterocycles. The molecule has 1 aromatic rings. The molecular formula is C16H25N3O2. The summed E-state index contributed by atoms with van der Waals surface area (Å²) in [6.07, 6.45) is 6.39. The third-order valence-corrected chi connectivity index (χ3v) is 3.88. The first-order valence-electron chi connectivity index (χ1n) is 7.77. The van der Waals surface area contributed by atoms with E-state index in [0.29, 0.717) is 11.6 Å². The SMILES string of the molecule is CCCCN(CC1CCCN1)c1cc(C(=O)OC)ccn1. The third kappa shape index (κ3) is 4.43. The molecule has 1 unspecified atom stereocenters. The van der Waals surface area contributed by atoms with Gasteiger partial charge >= 0.3 is 5.97 Å². The molecule has 1 atom stereocenters. The normalized spacial score (nSPS) is 17.7. The van der Waals surface area contributed by atoms with E-state index in [1.807, 2.05) is 6.07 Å². The van der Waals surface area contributed by atoms with E-state index in [-0.39, 0.29) is 5.97 Å². The molecule has 1 N–H and O–H groups in total. The Kier molecular flexibility index (Phi) is 5.99. The van der Waals surface area contributed by atoms with Crippen LogP contribution in [0.4, 0.5) is 5.82 Å². The highest BCUT2D eigenvalue weighted by atomic mass is 16.5. The Morgan fingerprint density at radius 1 is 1.57 bits per heavy atom. The molecule has 0 aliphatic carbocycles. The van der Waals surface area contributed by atoms with E-state index < -0.39 is 0 Å². The van der Waals surface area contributed by atoms with Crippen LogP contribution in [0.5, 0.6) is 0 Å². The van der Waals surface area contributed by atoms with E-state index in [0.717, 1.165) is 38.3 Å². The van der Waals surface area contributed by atoms with Gasteiger partial charge in [0, 0.05) is 25.3 Å². The van der Waals surface area contributed by atoms with E-state index in [4.69, 9.17) is 4.74 Å². The Morgan fingerprint density at radius 3 is 3.10 bits per heavy atom. The molecule has 1 aromatic heterocycles. The number of pyridine rings is 1. The number of hydrogen-bond donors (Lipinski definition) is 1. The fraction of sp³-hybridized carbons (Fsp3) is 0.625. The van der Waals surface area contributed by atoms with Crippen LogP contribution in [0.15, 0.2) is 18.3 Å². The van der Waals surface area contributed by atoms with Crippen molar-refractivity contribution in [3.05, 3.63) is 23.9 Å². The maximum absolute atomic E-state index is 11.7. The summed E-state index contributed by atoms with van der Waals surface area (Å²) in [7, 11) is 1.40. The average Bonchev–Trinajstić information content (AvgIpc) is 3.03. The smallest absolute Gasteiger partial charge is 0.338 e. The van der Waals surface area contributed by atoms with Gasteiger partial charge < -0.3 is 15.0 Å². The van der Waals surface area contributed by atoms with Crippen LogP contribution < -0.4 is 10.2 Å². The molecule has 116 valence electrons. The summed E-state index contributed by atoms with van der Waals surface area (Å²) in [4.78, 5) is 18.4. The Labute approximate surface area is 126 Å². The zero-order chi connectivity index (χ0) is 15.1. The van der Waals surface area contributed by atoms with Crippen molar-refractivity contribution in [2.45, 2.75) is 38.6 Å². The van der Waals surface area contributed by atoms with Gasteiger partial charge in [-0.1, -0.05) is 13.3 Å². The van der Waals surface area contributed by atoms with Gasteiger partial charge in [-0.25, -0.2) is 9.78 Å². The second-order valence-electron chi connectivity index (χ2n) is 5.49. The molecule has 2 rings (SSSR count). The number of carbonyl (C=O) groups excluding carboxylic acids is 1. The lowest BCUT2D eigenvalue weighted by Gasteiger charge is -2.27. The summed E-state index contributed by atoms with van der Waals surface area (Å²) >= 11 is 0. The number of hydrogen-bond acceptors (Lipinski definition) is 5. The number of anilines is 1. The number of nitrogens with one attached hydrogen (secondary N) is 1. The molecule has 0 aromatic carbocycles. The van der Waals surface area contributed by atoms with Crippen LogP contribution in [-0.2, 0) is 4.74 Å². The number of unbranched alkanes of at least 4 members (excludes halogenated alkanes) is 1. The average molecular weight is 291 g/mol. The van der Waals surface area contributed by atoms with Crippen molar-refractivity contribution in [2.75, 3.05) is 31.6 Å². The molecule has 0 spiro atoms. The van der Waals surface area contributed by atoms with Crippen LogP contribution in [0.3, 0.4) is 0 Å². The zero-order valence-electron chi connectivity index (χ0n) is 13.0. The molecule has 21 heavy (non-hydrogen) atoms. The van der Waals surface area contributed by atoms with E-state index in [9.17, 15) is 4.79 Å². The summed E-state index contributed by atoms with van der Waals surface area (Å²) in [5, 5.41) is 3.52. The molecule has 5 heteroatoms. The van der Waals surface area contributed by atoms with Gasteiger partial charge in [-0.3, -0.25) is 0 Å². The molecule has 5 nitrogen and oxygen atoms in total. The first-order chi connectivity index (χ1) is 10.2. The topological polar surface area (TPSA) is 54.5 Å². The predicted octanol–water partition coefficient (Wildman–Crippen LogP) is 2.23. The monoisotopic (exact) mass is 291 g/mol. The highest BCUT2D eigenvalue weighted by molar-refractivity contribution is 5.90. The molecule has 0 radical (unpaired) electrons. The van der Waals surface area contributed by atoms with Crippen LogP contribution in [0, 0.1) is 0 Å². The lowest BCUT2D eigenvalue weighted by atomic mass is 10.2. The Bertz CT molecular complexity index is 459. The predicted molar refractivity (Wildman–Crippen MR) is 83.7 cm³/mol. The van der Waals surface area contributed by atoms with E-state index in [1.54, 1.807) is 12.3 Å². The number of methoxy groups -OCH3 is 1. The Balaban J connectivity index is 2.12. The fourth-order valence-corrected chi connectivity index (χ4v) is 2.66. The maximum Gasteiger partial charge on any atom is 0.338 e. The Hall–Kier alpha value is -1.62. The van der Waals surface area contributed by atoms with Crippen molar-refractivity contribution >= 4 is 11.8 Å². The quantitative estimate of drug-likeness (QED) is 0.781. The number of esters is 1. The lowest BCUT2D eigenvalue weighted by Crippen LogP contribution is -2.38. The largest absolute Gasteiger partial charge is 0.465 e. The van der Waals surface area contributed by atoms with E-state index in [2.05, 4.69) is 22.1 Å². The van der Waals surface area contributed by atoms with Crippen molar-refractivity contribution < 1.29 is 9.53 Å². The molecule has 1 fully saturated rings. The summed E-state index contributed by atoms with van der Waals surface area (Å²) in [6.45, 7) is 5.19. The first kappa shape index (κ1) is 15.8. The Morgan fingerprint density at radius 2 is 2.43 bits per heavy atom. The summed E-state index contributed by atoms with van der Waals surface area (Å²) in [6, 6.07) is 4.04. The molecular weight excluding hydrogens is 266 g/mol. The number of ether oxygens (including phenoxy) is 1. The van der Waals surface area contributed by atoms with Gasteiger partial charge in [0.25, 0.3) is 0 Å². The second-order valence-corrected chi connectivity index (χ2v) is 5.49. The number of rotatable bonds is 7. The van der Waals surface area contributed by atoms with Crippen LogP contribution in [0.2, 0.25) is 0 Å². The molecule has 0 bridgehead atoms. The fourth-order valence-electron chi connectivity index (χ4n) is 2.66. The molecule has 0 saturated carbocycles. The van der Waals surface area contributed by atoms with Crippen molar-refractivity contribution in [1.29, 1.82) is 0 Å². The van der Waals surface area contributed by atoms with E-state index in [1.165, 1.54) is 20.0 Å². The minimum absolute atomic E-state index is 0.312. The van der Waals surface area contributed by atoms with Gasteiger partial charge in [0.2, 0.25) is 0 Å². The van der Waals surface area contributed by atoms with Gasteiger partial charge in [-0.2, -0.15) is 0 Å². The molecule has 0 amide bonds. The summed E-state index contributed by atoms with van der Waals surface area (Å²) < 4.78 is 4.79. The van der Waals surface area contributed by atoms with Gasteiger partial charge in [-0.05, 0) is 37.9 Å². The number of carbonyl (C=O) groups is 1. The standard InChI is InChI=1S/C16H25N3O2/c1-3-4-10-19(12-14-6-5-8-17-14)15-11-13(7-9-18-15)16(20)21-2/h7,9,11,14,17H,3-6,8,10,12H2,1-2H3. The van der Waals surface area contributed by atoms with Crippen LogP contribution in [0.25, 0.3) is 0 Å². The first-order valence-corrected chi connectivity index (χ1v) is 7.77. The summed E-state index contributed by atoms with van der Waals surface area (Å²) in [5.74, 6) is 0.549. The zero-order valence-corrected chi connectivity index (χ0v) is 13.0. The van der Waals surface area contributed by atoms with Gasteiger partial charge in [0.1, 0.15) is 5.82 Å². The third-order valence-electron chi connectivity index (χ3n) is 3.88. The van der Waals surface area contributed by atoms with E-state index >= 15 is 0 Å². The van der Waals surface area contributed by atoms with Crippen molar-refractivity contribution in [1.82, 2.24) is 10.3 Å². The van der Waals surface area contributed by atoms with Crippen molar-refractivity contribution in [3.63, 3.8) is 0 Å². The van der Waals surface area contributed by atoms with Gasteiger partial charge in [-0.15, -0.1) is 0 Å². The number of aromatic nitrogens is 1. The molecule has 2 heterocycles. The molecule has 1 aliphatic rings. The maximum atomic E-state index is 11.7. The minimum atomic E-state index is -0.312.